The van der Waals surface area contributed by atoms with E-state index in [9.17, 15) is 24.3 Å². The molecule has 1 fully saturated rings. The SMILES string of the molecule is CSCC[C@H](NC(=O)[C@@H]1CCCN1)C(=O)N[C@@H](CC(C)C)C(=O)N[C@@H](CC(C)C)C(=O)O. The Morgan fingerprint density at radius 3 is 2.00 bits per heavy atom. The Morgan fingerprint density at radius 2 is 1.50 bits per heavy atom. The predicted molar refractivity (Wildman–Crippen MR) is 126 cm³/mol. The Balaban J connectivity index is 2.89. The lowest BCUT2D eigenvalue weighted by atomic mass is 10.00. The summed E-state index contributed by atoms with van der Waals surface area (Å²) in [6, 6.07) is -2.96. The monoisotopic (exact) mass is 472 g/mol. The molecule has 1 aliphatic rings. The van der Waals surface area contributed by atoms with Gasteiger partial charge in [0, 0.05) is 0 Å². The molecular weight excluding hydrogens is 432 g/mol. The van der Waals surface area contributed by atoms with Gasteiger partial charge in [-0.2, -0.15) is 11.8 Å². The fraction of sp³-hybridized carbons (Fsp3) is 0.818. The molecule has 0 bridgehead atoms. The van der Waals surface area contributed by atoms with Gasteiger partial charge in [-0.1, -0.05) is 27.7 Å². The van der Waals surface area contributed by atoms with Crippen molar-refractivity contribution in [1.82, 2.24) is 21.3 Å². The average Bonchev–Trinajstić information content (AvgIpc) is 3.24. The molecule has 0 spiro atoms. The van der Waals surface area contributed by atoms with Gasteiger partial charge in [0.1, 0.15) is 18.1 Å². The summed E-state index contributed by atoms with van der Waals surface area (Å²) >= 11 is 1.57. The second-order valence-electron chi connectivity index (χ2n) is 9.21. The van der Waals surface area contributed by atoms with Gasteiger partial charge in [0.25, 0.3) is 0 Å². The molecule has 0 radical (unpaired) electrons. The molecule has 0 aromatic rings. The van der Waals surface area contributed by atoms with E-state index in [0.29, 0.717) is 25.0 Å². The summed E-state index contributed by atoms with van der Waals surface area (Å²) < 4.78 is 0. The first-order chi connectivity index (χ1) is 15.0. The van der Waals surface area contributed by atoms with E-state index in [2.05, 4.69) is 21.3 Å². The molecule has 1 aliphatic heterocycles. The third-order valence-corrected chi connectivity index (χ3v) is 5.93. The van der Waals surface area contributed by atoms with Crippen molar-refractivity contribution in [3.8, 4) is 0 Å². The van der Waals surface area contributed by atoms with Crippen LogP contribution in [0.5, 0.6) is 0 Å². The van der Waals surface area contributed by atoms with Gasteiger partial charge >= 0.3 is 5.97 Å². The first kappa shape index (κ1) is 28.2. The van der Waals surface area contributed by atoms with Crippen molar-refractivity contribution >= 4 is 35.5 Å². The van der Waals surface area contributed by atoms with Crippen LogP contribution in [0.3, 0.4) is 0 Å². The van der Waals surface area contributed by atoms with Crippen molar-refractivity contribution in [1.29, 1.82) is 0 Å². The highest BCUT2D eigenvalue weighted by Gasteiger charge is 2.31. The minimum absolute atomic E-state index is 0.0878. The van der Waals surface area contributed by atoms with Crippen molar-refractivity contribution in [2.24, 2.45) is 11.8 Å². The van der Waals surface area contributed by atoms with Crippen LogP contribution in [0.25, 0.3) is 0 Å². The van der Waals surface area contributed by atoms with Crippen LogP contribution in [0.4, 0.5) is 0 Å². The number of carbonyl (C=O) groups excluding carboxylic acids is 3. The topological polar surface area (TPSA) is 137 Å². The number of carboxylic acid groups (broad SMARTS) is 1. The second-order valence-corrected chi connectivity index (χ2v) is 10.2. The lowest BCUT2D eigenvalue weighted by molar-refractivity contribution is -0.143. The van der Waals surface area contributed by atoms with Crippen LogP contribution in [0.2, 0.25) is 0 Å². The van der Waals surface area contributed by atoms with Crippen LogP contribution in [-0.4, -0.2) is 71.5 Å². The maximum absolute atomic E-state index is 13.0. The van der Waals surface area contributed by atoms with Gasteiger partial charge < -0.3 is 26.4 Å². The molecule has 1 saturated heterocycles. The fourth-order valence-electron chi connectivity index (χ4n) is 3.63. The number of thioether (sulfide) groups is 1. The van der Waals surface area contributed by atoms with E-state index in [-0.39, 0.29) is 23.8 Å². The smallest absolute Gasteiger partial charge is 0.326 e. The highest BCUT2D eigenvalue weighted by atomic mass is 32.2. The second kappa shape index (κ2) is 14.4. The highest BCUT2D eigenvalue weighted by Crippen LogP contribution is 2.11. The highest BCUT2D eigenvalue weighted by molar-refractivity contribution is 7.98. The minimum atomic E-state index is -1.10. The van der Waals surface area contributed by atoms with E-state index in [0.717, 1.165) is 19.4 Å². The Hall–Kier alpha value is -1.81. The summed E-state index contributed by atoms with van der Waals surface area (Å²) in [7, 11) is 0. The number of hydrogen-bond acceptors (Lipinski definition) is 6. The third kappa shape index (κ3) is 10.2. The van der Waals surface area contributed by atoms with E-state index in [1.54, 1.807) is 11.8 Å². The van der Waals surface area contributed by atoms with Gasteiger partial charge in [0.2, 0.25) is 17.7 Å². The minimum Gasteiger partial charge on any atom is -0.480 e. The van der Waals surface area contributed by atoms with E-state index in [1.807, 2.05) is 34.0 Å². The summed E-state index contributed by atoms with van der Waals surface area (Å²) in [5.74, 6) is -1.40. The predicted octanol–water partition coefficient (Wildman–Crippen LogP) is 1.12. The van der Waals surface area contributed by atoms with Crippen LogP contribution < -0.4 is 21.3 Å². The maximum Gasteiger partial charge on any atom is 0.326 e. The lowest BCUT2D eigenvalue weighted by Gasteiger charge is -2.26. The summed E-state index contributed by atoms with van der Waals surface area (Å²) in [5.41, 5.74) is 0. The van der Waals surface area contributed by atoms with E-state index in [4.69, 9.17) is 0 Å². The molecule has 32 heavy (non-hydrogen) atoms. The van der Waals surface area contributed by atoms with Crippen molar-refractivity contribution < 1.29 is 24.3 Å². The zero-order valence-electron chi connectivity index (χ0n) is 19.9. The molecule has 184 valence electrons. The molecule has 0 unspecified atom stereocenters. The van der Waals surface area contributed by atoms with Crippen molar-refractivity contribution in [2.45, 2.75) is 84.0 Å². The molecule has 4 atom stereocenters. The first-order valence-corrected chi connectivity index (χ1v) is 12.8. The fourth-order valence-corrected chi connectivity index (χ4v) is 4.10. The molecule has 3 amide bonds. The standard InChI is InChI=1S/C22H40N4O5S/c1-13(2)11-17(21(29)26-18(22(30)31)12-14(3)4)25-20(28)16(8-10-32-5)24-19(27)15-7-6-9-23-15/h13-18,23H,6-12H2,1-5H3,(H,24,27)(H,25,28)(H,26,29)(H,30,31)/t15-,16-,17-,18-/m0/s1. The van der Waals surface area contributed by atoms with Crippen molar-refractivity contribution in [2.75, 3.05) is 18.6 Å². The van der Waals surface area contributed by atoms with Gasteiger partial charge in [-0.15, -0.1) is 0 Å². The largest absolute Gasteiger partial charge is 0.480 e. The molecule has 1 rings (SSSR count). The van der Waals surface area contributed by atoms with Gasteiger partial charge in [-0.25, -0.2) is 4.79 Å². The molecule has 0 saturated carbocycles. The van der Waals surface area contributed by atoms with Crippen LogP contribution >= 0.6 is 11.8 Å². The molecule has 10 heteroatoms. The Labute approximate surface area is 195 Å². The zero-order chi connectivity index (χ0) is 24.3. The lowest BCUT2D eigenvalue weighted by Crippen LogP contribution is -2.57. The number of hydrogen-bond donors (Lipinski definition) is 5. The average molecular weight is 473 g/mol. The maximum atomic E-state index is 13.0. The number of rotatable bonds is 14. The number of nitrogens with one attached hydrogen (secondary N) is 4. The van der Waals surface area contributed by atoms with Crippen molar-refractivity contribution in [3.05, 3.63) is 0 Å². The Bertz CT molecular complexity index is 638. The summed E-state index contributed by atoms with van der Waals surface area (Å²) in [6.45, 7) is 8.39. The third-order valence-electron chi connectivity index (χ3n) is 5.28. The summed E-state index contributed by atoms with van der Waals surface area (Å²) in [4.78, 5) is 50.0. The number of aliphatic carboxylic acids is 1. The molecule has 9 nitrogen and oxygen atoms in total. The van der Waals surface area contributed by atoms with Crippen LogP contribution in [0.15, 0.2) is 0 Å². The van der Waals surface area contributed by atoms with Gasteiger partial charge in [-0.3, -0.25) is 14.4 Å². The van der Waals surface area contributed by atoms with E-state index in [1.165, 1.54) is 0 Å². The number of amides is 3. The van der Waals surface area contributed by atoms with Gasteiger partial charge in [0.05, 0.1) is 6.04 Å². The molecule has 0 aliphatic carbocycles. The van der Waals surface area contributed by atoms with Crippen LogP contribution in [-0.2, 0) is 19.2 Å². The van der Waals surface area contributed by atoms with E-state index >= 15 is 0 Å². The molecule has 1 heterocycles. The molecule has 5 N–H and O–H groups in total. The van der Waals surface area contributed by atoms with E-state index < -0.39 is 35.9 Å². The molecular formula is C22H40N4O5S. The summed E-state index contributed by atoms with van der Waals surface area (Å²) in [6.07, 6.45) is 4.66. The Kier molecular flexibility index (Phi) is 12.7. The van der Waals surface area contributed by atoms with Gasteiger partial charge in [-0.05, 0) is 62.5 Å². The first-order valence-electron chi connectivity index (χ1n) is 11.4. The van der Waals surface area contributed by atoms with Crippen molar-refractivity contribution in [3.63, 3.8) is 0 Å². The number of carbonyl (C=O) groups is 4. The normalized spacial score (nSPS) is 18.8. The van der Waals surface area contributed by atoms with Crippen LogP contribution in [0, 0.1) is 11.8 Å². The molecule has 0 aromatic carbocycles. The number of carboxylic acids is 1. The van der Waals surface area contributed by atoms with Gasteiger partial charge in [0.15, 0.2) is 0 Å². The quantitative estimate of drug-likeness (QED) is 0.255. The summed E-state index contributed by atoms with van der Waals surface area (Å²) in [5, 5.41) is 20.7. The molecule has 0 aromatic heterocycles. The zero-order valence-corrected chi connectivity index (χ0v) is 20.7. The van der Waals surface area contributed by atoms with Crippen LogP contribution in [0.1, 0.15) is 59.8 Å². The Morgan fingerprint density at radius 1 is 0.938 bits per heavy atom.